The second-order valence-corrected chi connectivity index (χ2v) is 8.73. The number of anilines is 3. The Morgan fingerprint density at radius 2 is 1.61 bits per heavy atom. The number of benzene rings is 3. The van der Waals surface area contributed by atoms with Crippen molar-refractivity contribution in [3.8, 4) is 11.5 Å². The van der Waals surface area contributed by atoms with Crippen molar-refractivity contribution >= 4 is 29.0 Å². The fraction of sp³-hybridized carbons (Fsp3) is 0.286. The smallest absolute Gasteiger partial charge is 0.323 e. The van der Waals surface area contributed by atoms with Crippen molar-refractivity contribution in [1.82, 2.24) is 4.90 Å². The Morgan fingerprint density at radius 3 is 2.28 bits per heavy atom. The minimum Gasteiger partial charge on any atom is -0.497 e. The SMILES string of the molecule is COc1ccc(NC(=O)Nc2ccc(N3CCN(C(=O)Cc4cccc(C)c4)CC3)cc2)c(OC)c1. The van der Waals surface area contributed by atoms with Crippen LogP contribution in [0, 0.1) is 6.92 Å². The van der Waals surface area contributed by atoms with Crippen LogP contribution in [0.2, 0.25) is 0 Å². The van der Waals surface area contributed by atoms with Crippen molar-refractivity contribution < 1.29 is 19.1 Å². The average molecular weight is 489 g/mol. The molecule has 0 unspecified atom stereocenters. The van der Waals surface area contributed by atoms with Gasteiger partial charge in [0.1, 0.15) is 11.5 Å². The number of hydrogen-bond acceptors (Lipinski definition) is 5. The van der Waals surface area contributed by atoms with E-state index in [1.54, 1.807) is 25.3 Å². The predicted octanol–water partition coefficient (Wildman–Crippen LogP) is 4.55. The summed E-state index contributed by atoms with van der Waals surface area (Å²) in [5.41, 5.74) is 4.50. The Labute approximate surface area is 211 Å². The number of methoxy groups -OCH3 is 2. The summed E-state index contributed by atoms with van der Waals surface area (Å²) in [6.45, 7) is 4.96. The van der Waals surface area contributed by atoms with E-state index in [2.05, 4.69) is 21.6 Å². The number of aryl methyl sites for hydroxylation is 1. The lowest BCUT2D eigenvalue weighted by Crippen LogP contribution is -2.49. The number of carbonyl (C=O) groups excluding carboxylic acids is 2. The van der Waals surface area contributed by atoms with Crippen molar-refractivity contribution in [2.24, 2.45) is 0 Å². The van der Waals surface area contributed by atoms with E-state index >= 15 is 0 Å². The molecule has 1 fully saturated rings. The fourth-order valence-electron chi connectivity index (χ4n) is 4.26. The highest BCUT2D eigenvalue weighted by Gasteiger charge is 2.21. The van der Waals surface area contributed by atoms with Gasteiger partial charge in [-0.1, -0.05) is 29.8 Å². The zero-order chi connectivity index (χ0) is 25.5. The van der Waals surface area contributed by atoms with Gasteiger partial charge in [-0.25, -0.2) is 4.79 Å². The molecule has 0 radical (unpaired) electrons. The van der Waals surface area contributed by atoms with Crippen molar-refractivity contribution in [1.29, 1.82) is 0 Å². The Hall–Kier alpha value is -4.20. The van der Waals surface area contributed by atoms with Gasteiger partial charge in [0.15, 0.2) is 0 Å². The van der Waals surface area contributed by atoms with Crippen molar-refractivity contribution in [2.75, 3.05) is 55.9 Å². The minimum atomic E-state index is -0.369. The molecule has 3 aromatic carbocycles. The lowest BCUT2D eigenvalue weighted by atomic mass is 10.1. The Bertz CT molecular complexity index is 1200. The van der Waals surface area contributed by atoms with Crippen molar-refractivity contribution in [3.63, 3.8) is 0 Å². The number of nitrogens with zero attached hydrogens (tertiary/aromatic N) is 2. The molecule has 0 spiro atoms. The lowest BCUT2D eigenvalue weighted by molar-refractivity contribution is -0.130. The van der Waals surface area contributed by atoms with Crippen LogP contribution in [0.5, 0.6) is 11.5 Å². The third-order valence-corrected chi connectivity index (χ3v) is 6.22. The molecule has 3 amide bonds. The molecular weight excluding hydrogens is 456 g/mol. The van der Waals surface area contributed by atoms with Gasteiger partial charge in [0.05, 0.1) is 26.3 Å². The number of nitrogens with one attached hydrogen (secondary N) is 2. The molecule has 1 aliphatic heterocycles. The molecule has 36 heavy (non-hydrogen) atoms. The monoisotopic (exact) mass is 488 g/mol. The number of hydrogen-bond donors (Lipinski definition) is 2. The van der Waals surface area contributed by atoms with E-state index in [0.29, 0.717) is 42.4 Å². The highest BCUT2D eigenvalue weighted by Crippen LogP contribution is 2.29. The van der Waals surface area contributed by atoms with Gasteiger partial charge in [-0.15, -0.1) is 0 Å². The van der Waals surface area contributed by atoms with E-state index in [0.717, 1.165) is 24.3 Å². The largest absolute Gasteiger partial charge is 0.497 e. The van der Waals surface area contributed by atoms with Gasteiger partial charge in [-0.05, 0) is 48.9 Å². The molecule has 0 aliphatic carbocycles. The summed E-state index contributed by atoms with van der Waals surface area (Å²) in [5.74, 6) is 1.32. The Balaban J connectivity index is 1.28. The average Bonchev–Trinajstić information content (AvgIpc) is 2.89. The van der Waals surface area contributed by atoms with Gasteiger partial charge in [-0.2, -0.15) is 0 Å². The molecule has 188 valence electrons. The van der Waals surface area contributed by atoms with Crippen LogP contribution in [0.15, 0.2) is 66.7 Å². The Kier molecular flexibility index (Phi) is 7.95. The van der Waals surface area contributed by atoms with Crippen LogP contribution < -0.4 is 25.0 Å². The quantitative estimate of drug-likeness (QED) is 0.510. The van der Waals surface area contributed by atoms with Gasteiger partial charge in [0.25, 0.3) is 0 Å². The number of urea groups is 1. The van der Waals surface area contributed by atoms with E-state index in [1.807, 2.05) is 54.3 Å². The summed E-state index contributed by atoms with van der Waals surface area (Å²) in [6.07, 6.45) is 0.437. The van der Waals surface area contributed by atoms with E-state index in [9.17, 15) is 9.59 Å². The summed E-state index contributed by atoms with van der Waals surface area (Å²) in [4.78, 5) is 29.4. The minimum absolute atomic E-state index is 0.166. The normalized spacial score (nSPS) is 13.2. The second kappa shape index (κ2) is 11.5. The summed E-state index contributed by atoms with van der Waals surface area (Å²) in [6, 6.07) is 20.6. The molecule has 8 heteroatoms. The fourth-order valence-corrected chi connectivity index (χ4v) is 4.26. The van der Waals surface area contributed by atoms with Gasteiger partial charge in [0, 0.05) is 43.6 Å². The molecule has 0 aromatic heterocycles. The molecule has 1 heterocycles. The first-order valence-electron chi connectivity index (χ1n) is 11.9. The number of rotatable bonds is 7. The van der Waals surface area contributed by atoms with Crippen LogP contribution in [0.4, 0.5) is 21.9 Å². The van der Waals surface area contributed by atoms with Crippen molar-refractivity contribution in [3.05, 3.63) is 77.9 Å². The first-order valence-corrected chi connectivity index (χ1v) is 11.9. The highest BCUT2D eigenvalue weighted by atomic mass is 16.5. The first-order chi connectivity index (χ1) is 17.4. The maximum atomic E-state index is 12.7. The standard InChI is InChI=1S/C28H32N4O4/c1-20-5-4-6-21(17-20)18-27(33)32-15-13-31(14-16-32)23-9-7-22(8-10-23)29-28(34)30-25-12-11-24(35-2)19-26(25)36-3/h4-12,17,19H,13-16,18H2,1-3H3,(H2,29,30,34). The summed E-state index contributed by atoms with van der Waals surface area (Å²) < 4.78 is 10.5. The topological polar surface area (TPSA) is 83.1 Å². The van der Waals surface area contributed by atoms with Gasteiger partial charge in [0.2, 0.25) is 5.91 Å². The van der Waals surface area contributed by atoms with Crippen LogP contribution in [0.25, 0.3) is 0 Å². The number of amides is 3. The third kappa shape index (κ3) is 6.27. The first kappa shape index (κ1) is 24.9. The summed E-state index contributed by atoms with van der Waals surface area (Å²) >= 11 is 0. The second-order valence-electron chi connectivity index (χ2n) is 8.73. The van der Waals surface area contributed by atoms with E-state index in [-0.39, 0.29) is 11.9 Å². The zero-order valence-electron chi connectivity index (χ0n) is 20.9. The van der Waals surface area contributed by atoms with Gasteiger partial charge >= 0.3 is 6.03 Å². The molecule has 2 N–H and O–H groups in total. The molecule has 4 rings (SSSR count). The zero-order valence-corrected chi connectivity index (χ0v) is 20.9. The van der Waals surface area contributed by atoms with Gasteiger partial charge in [-0.3, -0.25) is 4.79 Å². The molecule has 0 saturated carbocycles. The number of ether oxygens (including phenoxy) is 2. The molecule has 1 saturated heterocycles. The maximum absolute atomic E-state index is 12.7. The molecule has 3 aromatic rings. The predicted molar refractivity (Wildman–Crippen MR) is 142 cm³/mol. The van der Waals surface area contributed by atoms with Crippen LogP contribution in [0.1, 0.15) is 11.1 Å². The van der Waals surface area contributed by atoms with Crippen LogP contribution in [-0.2, 0) is 11.2 Å². The Morgan fingerprint density at radius 1 is 0.861 bits per heavy atom. The maximum Gasteiger partial charge on any atom is 0.323 e. The van der Waals surface area contributed by atoms with E-state index in [1.165, 1.54) is 12.7 Å². The molecule has 0 atom stereocenters. The molecule has 1 aliphatic rings. The lowest BCUT2D eigenvalue weighted by Gasteiger charge is -2.36. The third-order valence-electron chi connectivity index (χ3n) is 6.22. The summed E-state index contributed by atoms with van der Waals surface area (Å²) in [7, 11) is 3.11. The van der Waals surface area contributed by atoms with Gasteiger partial charge < -0.3 is 29.9 Å². The van der Waals surface area contributed by atoms with Crippen LogP contribution in [0.3, 0.4) is 0 Å². The van der Waals surface area contributed by atoms with Crippen molar-refractivity contribution in [2.45, 2.75) is 13.3 Å². The van der Waals surface area contributed by atoms with Crippen LogP contribution in [-0.4, -0.2) is 57.2 Å². The van der Waals surface area contributed by atoms with E-state index in [4.69, 9.17) is 9.47 Å². The number of piperazine rings is 1. The molecule has 8 nitrogen and oxygen atoms in total. The molecular formula is C28H32N4O4. The number of carbonyl (C=O) groups is 2. The van der Waals surface area contributed by atoms with Crippen LogP contribution >= 0.6 is 0 Å². The van der Waals surface area contributed by atoms with E-state index < -0.39 is 0 Å². The molecule has 0 bridgehead atoms. The summed E-state index contributed by atoms with van der Waals surface area (Å²) in [5, 5.41) is 5.64. The highest BCUT2D eigenvalue weighted by molar-refractivity contribution is 6.00.